The molecule has 0 aliphatic carbocycles. The number of para-hydroxylation sites is 1. The van der Waals surface area contributed by atoms with Crippen LogP contribution in [0, 0.1) is 12.3 Å². The first-order valence-corrected chi connectivity index (χ1v) is 7.62. The Morgan fingerprint density at radius 3 is 2.85 bits per heavy atom. The quantitative estimate of drug-likeness (QED) is 0.574. The molecule has 3 N–H and O–H groups in total. The first kappa shape index (κ1) is 13.1. The topological polar surface area (TPSA) is 75.7 Å². The van der Waals surface area contributed by atoms with Crippen LogP contribution in [0.5, 0.6) is 0 Å². The second-order valence-corrected chi connectivity index (χ2v) is 6.54. The molecule has 3 rings (SSSR count). The molecule has 0 aliphatic rings. The number of aryl methyl sites for hydroxylation is 1. The van der Waals surface area contributed by atoms with Crippen LogP contribution in [0.2, 0.25) is 0 Å². The fraction of sp³-hybridized carbons (Fsp3) is 0.0714. The van der Waals surface area contributed by atoms with Crippen LogP contribution >= 0.6 is 23.1 Å². The van der Waals surface area contributed by atoms with Gasteiger partial charge in [-0.25, -0.2) is 9.97 Å². The van der Waals surface area contributed by atoms with Gasteiger partial charge in [0.1, 0.15) is 10.9 Å². The summed E-state index contributed by atoms with van der Waals surface area (Å²) in [6.45, 7) is 1.93. The van der Waals surface area contributed by atoms with Crippen LogP contribution in [-0.2, 0) is 0 Å². The second-order valence-electron chi connectivity index (χ2n) is 4.27. The summed E-state index contributed by atoms with van der Waals surface area (Å²) in [6.07, 6.45) is 1.73. The lowest BCUT2D eigenvalue weighted by molar-refractivity contribution is 1.08. The zero-order valence-electron chi connectivity index (χ0n) is 10.8. The lowest BCUT2D eigenvalue weighted by atomic mass is 10.1. The van der Waals surface area contributed by atoms with Gasteiger partial charge < -0.3 is 5.73 Å². The summed E-state index contributed by atoms with van der Waals surface area (Å²) in [4.78, 5) is 8.90. The lowest BCUT2D eigenvalue weighted by Crippen LogP contribution is -2.14. The zero-order valence-corrected chi connectivity index (χ0v) is 12.4. The maximum Gasteiger partial charge on any atom is 0.157 e. The number of hydrogen-bond acceptors (Lipinski definition) is 5. The average Bonchev–Trinajstić information content (AvgIpc) is 2.80. The van der Waals surface area contributed by atoms with Crippen LogP contribution in [-0.4, -0.2) is 15.8 Å². The highest BCUT2D eigenvalue weighted by Crippen LogP contribution is 2.35. The highest BCUT2D eigenvalue weighted by atomic mass is 32.2. The van der Waals surface area contributed by atoms with Gasteiger partial charge in [0.15, 0.2) is 4.34 Å². The Kier molecular flexibility index (Phi) is 3.42. The Bertz CT molecular complexity index is 762. The van der Waals surface area contributed by atoms with Crippen LogP contribution in [0.1, 0.15) is 11.1 Å². The second kappa shape index (κ2) is 5.22. The van der Waals surface area contributed by atoms with E-state index >= 15 is 0 Å². The minimum absolute atomic E-state index is 0.0409. The van der Waals surface area contributed by atoms with E-state index in [-0.39, 0.29) is 5.84 Å². The van der Waals surface area contributed by atoms with Crippen molar-refractivity contribution in [2.45, 2.75) is 16.3 Å². The number of nitrogens with two attached hydrogens (primary N) is 1. The summed E-state index contributed by atoms with van der Waals surface area (Å²) in [5.74, 6) is 0.0409. The predicted octanol–water partition coefficient (Wildman–Crippen LogP) is 3.43. The van der Waals surface area contributed by atoms with Gasteiger partial charge in [-0.3, -0.25) is 5.41 Å². The maximum absolute atomic E-state index is 7.70. The van der Waals surface area contributed by atoms with E-state index in [0.717, 1.165) is 25.1 Å². The molecule has 0 spiro atoms. The molecule has 0 bridgehead atoms. The number of benzene rings is 1. The van der Waals surface area contributed by atoms with Crippen molar-refractivity contribution < 1.29 is 0 Å². The summed E-state index contributed by atoms with van der Waals surface area (Å²) in [5.41, 5.74) is 8.29. The van der Waals surface area contributed by atoms with Crippen molar-refractivity contribution in [1.82, 2.24) is 9.97 Å². The molecule has 1 aromatic carbocycles. The standard InChI is InChI=1S/C14H12N4S2/c1-8-6-7-17-13(11(8)12(15)16)20-14-18-9-4-2-3-5-10(9)19-14/h2-7H,1H3,(H3,15,16). The Morgan fingerprint density at radius 1 is 1.30 bits per heavy atom. The molecule has 3 aromatic rings. The molecule has 4 nitrogen and oxygen atoms in total. The van der Waals surface area contributed by atoms with E-state index in [4.69, 9.17) is 11.1 Å². The van der Waals surface area contributed by atoms with Crippen LogP contribution < -0.4 is 5.73 Å². The van der Waals surface area contributed by atoms with E-state index in [9.17, 15) is 0 Å². The van der Waals surface area contributed by atoms with Gasteiger partial charge in [0.25, 0.3) is 0 Å². The minimum atomic E-state index is 0.0409. The molecule has 6 heteroatoms. The SMILES string of the molecule is Cc1ccnc(Sc2nc3ccccc3s2)c1C(=N)N. The monoisotopic (exact) mass is 300 g/mol. The third-order valence-corrected chi connectivity index (χ3v) is 4.95. The van der Waals surface area contributed by atoms with Crippen molar-refractivity contribution in [3.05, 3.63) is 47.7 Å². The number of thiazole rings is 1. The van der Waals surface area contributed by atoms with E-state index in [1.807, 2.05) is 37.3 Å². The number of aromatic nitrogens is 2. The van der Waals surface area contributed by atoms with Crippen LogP contribution in [0.25, 0.3) is 10.2 Å². The molecule has 0 unspecified atom stereocenters. The van der Waals surface area contributed by atoms with Gasteiger partial charge in [-0.15, -0.1) is 11.3 Å². The van der Waals surface area contributed by atoms with E-state index in [0.29, 0.717) is 5.56 Å². The van der Waals surface area contributed by atoms with Crippen molar-refractivity contribution in [1.29, 1.82) is 5.41 Å². The smallest absolute Gasteiger partial charge is 0.157 e. The van der Waals surface area contributed by atoms with E-state index in [1.54, 1.807) is 17.5 Å². The number of amidine groups is 1. The first-order valence-electron chi connectivity index (χ1n) is 5.98. The van der Waals surface area contributed by atoms with Crippen LogP contribution in [0.15, 0.2) is 45.9 Å². The average molecular weight is 300 g/mol. The number of rotatable bonds is 3. The fourth-order valence-electron chi connectivity index (χ4n) is 1.92. The Morgan fingerprint density at radius 2 is 2.10 bits per heavy atom. The molecule has 0 saturated heterocycles. The molecule has 2 aromatic heterocycles. The molecule has 0 aliphatic heterocycles. The van der Waals surface area contributed by atoms with Gasteiger partial charge in [0, 0.05) is 6.20 Å². The molecular weight excluding hydrogens is 288 g/mol. The summed E-state index contributed by atoms with van der Waals surface area (Å²) in [5, 5.41) is 8.43. The normalized spacial score (nSPS) is 10.8. The highest BCUT2D eigenvalue weighted by Gasteiger charge is 2.13. The van der Waals surface area contributed by atoms with E-state index in [1.165, 1.54) is 11.8 Å². The van der Waals surface area contributed by atoms with Crippen LogP contribution in [0.3, 0.4) is 0 Å². The van der Waals surface area contributed by atoms with Gasteiger partial charge in [-0.2, -0.15) is 0 Å². The number of nitrogens with one attached hydrogen (secondary N) is 1. The molecule has 0 radical (unpaired) electrons. The first-order chi connectivity index (χ1) is 9.65. The van der Waals surface area contributed by atoms with Crippen molar-refractivity contribution in [2.24, 2.45) is 5.73 Å². The third-order valence-electron chi connectivity index (χ3n) is 2.85. The minimum Gasteiger partial charge on any atom is -0.384 e. The van der Waals surface area contributed by atoms with Gasteiger partial charge >= 0.3 is 0 Å². The Labute approximate surface area is 124 Å². The summed E-state index contributed by atoms with van der Waals surface area (Å²) >= 11 is 3.08. The molecule has 100 valence electrons. The van der Waals surface area contributed by atoms with Crippen molar-refractivity contribution >= 4 is 39.2 Å². The summed E-state index contributed by atoms with van der Waals surface area (Å²) in [7, 11) is 0. The fourth-order valence-corrected chi connectivity index (χ4v) is 4.08. The molecule has 0 amide bonds. The molecule has 0 atom stereocenters. The maximum atomic E-state index is 7.70. The molecule has 0 fully saturated rings. The summed E-state index contributed by atoms with van der Waals surface area (Å²) < 4.78 is 2.05. The van der Waals surface area contributed by atoms with Gasteiger partial charge in [0.2, 0.25) is 0 Å². The number of pyridine rings is 1. The third kappa shape index (κ3) is 2.39. The van der Waals surface area contributed by atoms with Crippen molar-refractivity contribution in [3.8, 4) is 0 Å². The molecule has 20 heavy (non-hydrogen) atoms. The van der Waals surface area contributed by atoms with E-state index in [2.05, 4.69) is 9.97 Å². The lowest BCUT2D eigenvalue weighted by Gasteiger charge is -2.07. The van der Waals surface area contributed by atoms with Crippen molar-refractivity contribution in [3.63, 3.8) is 0 Å². The predicted molar refractivity (Wildman–Crippen MR) is 83.7 cm³/mol. The Balaban J connectivity index is 2.02. The van der Waals surface area contributed by atoms with Gasteiger partial charge in [-0.1, -0.05) is 12.1 Å². The number of nitrogen functional groups attached to an aromatic ring is 1. The van der Waals surface area contributed by atoms with Gasteiger partial charge in [-0.05, 0) is 42.4 Å². The Hall–Kier alpha value is -1.92. The molecule has 2 heterocycles. The van der Waals surface area contributed by atoms with Crippen molar-refractivity contribution in [2.75, 3.05) is 0 Å². The van der Waals surface area contributed by atoms with Crippen LogP contribution in [0.4, 0.5) is 0 Å². The zero-order chi connectivity index (χ0) is 14.1. The molecule has 0 saturated carbocycles. The summed E-state index contributed by atoms with van der Waals surface area (Å²) in [6, 6.07) is 9.88. The largest absolute Gasteiger partial charge is 0.384 e. The van der Waals surface area contributed by atoms with Gasteiger partial charge in [0.05, 0.1) is 15.8 Å². The van der Waals surface area contributed by atoms with E-state index < -0.39 is 0 Å². The number of nitrogens with zero attached hydrogens (tertiary/aromatic N) is 2. The number of fused-ring (bicyclic) bond motifs is 1. The highest BCUT2D eigenvalue weighted by molar-refractivity contribution is 8.01. The number of hydrogen-bond donors (Lipinski definition) is 2. The molecular formula is C14H12N4S2.